The lowest BCUT2D eigenvalue weighted by Crippen LogP contribution is -2.49. The van der Waals surface area contributed by atoms with Gasteiger partial charge in [-0.2, -0.15) is 0 Å². The van der Waals surface area contributed by atoms with Gasteiger partial charge in [-0.3, -0.25) is 9.69 Å². The van der Waals surface area contributed by atoms with Crippen molar-refractivity contribution in [2.24, 2.45) is 0 Å². The molecule has 2 fully saturated rings. The quantitative estimate of drug-likeness (QED) is 0.744. The predicted octanol–water partition coefficient (Wildman–Crippen LogP) is 2.01. The molecule has 0 N–H and O–H groups in total. The van der Waals surface area contributed by atoms with E-state index in [1.54, 1.807) is 11.3 Å². The zero-order chi connectivity index (χ0) is 16.1. The van der Waals surface area contributed by atoms with Crippen LogP contribution in [0.4, 0.5) is 0 Å². The van der Waals surface area contributed by atoms with Gasteiger partial charge in [-0.1, -0.05) is 0 Å². The molecule has 2 aliphatic heterocycles. The molecule has 0 saturated carbocycles. The van der Waals surface area contributed by atoms with Gasteiger partial charge in [-0.25, -0.2) is 0 Å². The maximum absolute atomic E-state index is 12.4. The fourth-order valence-electron chi connectivity index (χ4n) is 3.06. The van der Waals surface area contributed by atoms with Crippen LogP contribution in [0.15, 0.2) is 12.1 Å². The van der Waals surface area contributed by atoms with Crippen molar-refractivity contribution in [3.8, 4) is 0 Å². The number of hydrogen-bond acceptors (Lipinski definition) is 5. The van der Waals surface area contributed by atoms with Crippen molar-refractivity contribution in [2.45, 2.75) is 25.9 Å². The number of aryl methyl sites for hydroxylation is 1. The lowest BCUT2D eigenvalue weighted by Gasteiger charge is -2.34. The first-order valence-corrected chi connectivity index (χ1v) is 9.31. The Balaban J connectivity index is 1.32. The van der Waals surface area contributed by atoms with Crippen LogP contribution in [-0.4, -0.2) is 74.4 Å². The number of hydrogen-bond donors (Lipinski definition) is 0. The molecule has 3 rings (SSSR count). The number of carbonyl (C=O) groups is 1. The number of ether oxygens (including phenoxy) is 2. The topological polar surface area (TPSA) is 42.0 Å². The Bertz CT molecular complexity index is 506. The van der Waals surface area contributed by atoms with Gasteiger partial charge in [-0.05, 0) is 31.9 Å². The summed E-state index contributed by atoms with van der Waals surface area (Å²) in [6.45, 7) is 8.80. The molecule has 1 atom stereocenters. The molecule has 0 spiro atoms. The summed E-state index contributed by atoms with van der Waals surface area (Å²) in [5, 5.41) is 0. The maximum atomic E-state index is 12.4. The highest BCUT2D eigenvalue weighted by Gasteiger charge is 2.23. The summed E-state index contributed by atoms with van der Waals surface area (Å²) in [6.07, 6.45) is 2.59. The Kier molecular flexibility index (Phi) is 6.05. The van der Waals surface area contributed by atoms with Crippen molar-refractivity contribution < 1.29 is 14.3 Å². The molecule has 1 aromatic rings. The largest absolute Gasteiger partial charge is 0.377 e. The summed E-state index contributed by atoms with van der Waals surface area (Å²) < 4.78 is 11.3. The van der Waals surface area contributed by atoms with Crippen LogP contribution in [-0.2, 0) is 9.47 Å². The molecule has 2 saturated heterocycles. The molecule has 1 aromatic heterocycles. The molecule has 1 amide bonds. The molecule has 5 nitrogen and oxygen atoms in total. The van der Waals surface area contributed by atoms with Crippen LogP contribution < -0.4 is 0 Å². The van der Waals surface area contributed by atoms with E-state index in [0.717, 1.165) is 70.3 Å². The molecule has 0 bridgehead atoms. The molecule has 128 valence electrons. The second-order valence-electron chi connectivity index (χ2n) is 6.25. The van der Waals surface area contributed by atoms with E-state index in [9.17, 15) is 4.79 Å². The zero-order valence-corrected chi connectivity index (χ0v) is 14.6. The van der Waals surface area contributed by atoms with Crippen LogP contribution in [0.5, 0.6) is 0 Å². The minimum Gasteiger partial charge on any atom is -0.377 e. The molecule has 1 unspecified atom stereocenters. The number of carbonyl (C=O) groups excluding carboxylic acids is 1. The number of piperazine rings is 1. The summed E-state index contributed by atoms with van der Waals surface area (Å²) in [7, 11) is 0. The van der Waals surface area contributed by atoms with Gasteiger partial charge in [0.2, 0.25) is 0 Å². The summed E-state index contributed by atoms with van der Waals surface area (Å²) >= 11 is 1.58. The Morgan fingerprint density at radius 2 is 2.17 bits per heavy atom. The molecule has 0 aromatic carbocycles. The predicted molar refractivity (Wildman–Crippen MR) is 91.2 cm³/mol. The SMILES string of the molecule is Cc1ccc(C(=O)N2CCN(CCOCC3CCCO3)CC2)s1. The number of amides is 1. The summed E-state index contributed by atoms with van der Waals surface area (Å²) in [6, 6.07) is 3.95. The smallest absolute Gasteiger partial charge is 0.264 e. The fraction of sp³-hybridized carbons (Fsp3) is 0.706. The third-order valence-corrected chi connectivity index (χ3v) is 5.48. The minimum absolute atomic E-state index is 0.178. The average molecular weight is 338 g/mol. The van der Waals surface area contributed by atoms with Crippen molar-refractivity contribution in [2.75, 3.05) is 52.5 Å². The first-order chi connectivity index (χ1) is 11.2. The van der Waals surface area contributed by atoms with Gasteiger partial charge in [0, 0.05) is 44.2 Å². The number of thiophene rings is 1. The molecular formula is C17H26N2O3S. The highest BCUT2D eigenvalue weighted by atomic mass is 32.1. The first-order valence-electron chi connectivity index (χ1n) is 8.50. The Morgan fingerprint density at radius 3 is 2.83 bits per heavy atom. The molecule has 3 heterocycles. The summed E-state index contributed by atoms with van der Waals surface area (Å²) in [4.78, 5) is 18.8. The third-order valence-electron chi connectivity index (χ3n) is 4.49. The Hall–Kier alpha value is -0.950. The van der Waals surface area contributed by atoms with E-state index in [1.807, 2.05) is 24.0 Å². The van der Waals surface area contributed by atoms with Gasteiger partial charge in [-0.15, -0.1) is 11.3 Å². The monoisotopic (exact) mass is 338 g/mol. The van der Waals surface area contributed by atoms with E-state index in [0.29, 0.717) is 6.10 Å². The maximum Gasteiger partial charge on any atom is 0.264 e. The van der Waals surface area contributed by atoms with Crippen LogP contribution >= 0.6 is 11.3 Å². The van der Waals surface area contributed by atoms with E-state index < -0.39 is 0 Å². The van der Waals surface area contributed by atoms with Crippen LogP contribution in [0.25, 0.3) is 0 Å². The number of rotatable bonds is 6. The van der Waals surface area contributed by atoms with Crippen molar-refractivity contribution in [3.63, 3.8) is 0 Å². The zero-order valence-electron chi connectivity index (χ0n) is 13.8. The molecular weight excluding hydrogens is 312 g/mol. The van der Waals surface area contributed by atoms with Crippen molar-refractivity contribution in [3.05, 3.63) is 21.9 Å². The minimum atomic E-state index is 0.178. The lowest BCUT2D eigenvalue weighted by molar-refractivity contribution is 0.00659. The highest BCUT2D eigenvalue weighted by Crippen LogP contribution is 2.18. The lowest BCUT2D eigenvalue weighted by atomic mass is 10.2. The Morgan fingerprint density at radius 1 is 1.35 bits per heavy atom. The first kappa shape index (κ1) is 16.9. The van der Waals surface area contributed by atoms with Gasteiger partial charge in [0.25, 0.3) is 5.91 Å². The Labute approximate surface area is 142 Å². The fourth-order valence-corrected chi connectivity index (χ4v) is 3.90. The van der Waals surface area contributed by atoms with E-state index in [-0.39, 0.29) is 5.91 Å². The molecule has 2 aliphatic rings. The highest BCUT2D eigenvalue weighted by molar-refractivity contribution is 7.13. The average Bonchev–Trinajstić information content (AvgIpc) is 3.23. The van der Waals surface area contributed by atoms with Gasteiger partial charge in [0.1, 0.15) is 0 Å². The van der Waals surface area contributed by atoms with E-state index in [2.05, 4.69) is 4.90 Å². The van der Waals surface area contributed by atoms with E-state index in [1.165, 1.54) is 4.88 Å². The summed E-state index contributed by atoms with van der Waals surface area (Å²) in [5.74, 6) is 0.178. The van der Waals surface area contributed by atoms with Gasteiger partial charge in [0.05, 0.1) is 24.2 Å². The van der Waals surface area contributed by atoms with Gasteiger partial charge >= 0.3 is 0 Å². The molecule has 0 aliphatic carbocycles. The standard InChI is InChI=1S/C17H26N2O3S/c1-14-4-5-16(23-14)17(20)19-8-6-18(7-9-19)10-12-21-13-15-3-2-11-22-15/h4-5,15H,2-3,6-13H2,1H3. The molecule has 0 radical (unpaired) electrons. The van der Waals surface area contributed by atoms with Gasteiger partial charge in [0.15, 0.2) is 0 Å². The van der Waals surface area contributed by atoms with Crippen molar-refractivity contribution in [1.82, 2.24) is 9.80 Å². The normalized spacial score (nSPS) is 22.7. The van der Waals surface area contributed by atoms with Crippen LogP contribution in [0.3, 0.4) is 0 Å². The molecule has 23 heavy (non-hydrogen) atoms. The van der Waals surface area contributed by atoms with Crippen LogP contribution in [0.1, 0.15) is 27.4 Å². The van der Waals surface area contributed by atoms with Gasteiger partial charge < -0.3 is 14.4 Å². The second-order valence-corrected chi connectivity index (χ2v) is 7.54. The van der Waals surface area contributed by atoms with E-state index >= 15 is 0 Å². The third kappa shape index (κ3) is 4.76. The number of nitrogens with zero attached hydrogens (tertiary/aromatic N) is 2. The van der Waals surface area contributed by atoms with Crippen molar-refractivity contribution >= 4 is 17.2 Å². The van der Waals surface area contributed by atoms with Crippen molar-refractivity contribution in [1.29, 1.82) is 0 Å². The summed E-state index contributed by atoms with van der Waals surface area (Å²) in [5.41, 5.74) is 0. The molecule has 6 heteroatoms. The van der Waals surface area contributed by atoms with Crippen LogP contribution in [0, 0.1) is 6.92 Å². The van der Waals surface area contributed by atoms with Crippen LogP contribution in [0.2, 0.25) is 0 Å². The second kappa shape index (κ2) is 8.24. The van der Waals surface area contributed by atoms with E-state index in [4.69, 9.17) is 9.47 Å².